The summed E-state index contributed by atoms with van der Waals surface area (Å²) in [4.78, 5) is 0. The molecule has 0 heterocycles. The number of rotatable bonds is 3. The van der Waals surface area contributed by atoms with Gasteiger partial charge in [-0.3, -0.25) is 0 Å². The van der Waals surface area contributed by atoms with Crippen molar-refractivity contribution >= 4 is 28.9 Å². The van der Waals surface area contributed by atoms with Crippen molar-refractivity contribution in [3.8, 4) is 5.75 Å². The molecule has 0 unspecified atom stereocenters. The summed E-state index contributed by atoms with van der Waals surface area (Å²) in [7, 11) is 0. The highest BCUT2D eigenvalue weighted by atomic mass is 35.5. The molecule has 0 spiro atoms. The van der Waals surface area contributed by atoms with E-state index in [9.17, 15) is 5.11 Å². The smallest absolute Gasteiger partial charge is 0.139 e. The van der Waals surface area contributed by atoms with Crippen LogP contribution in [0.3, 0.4) is 0 Å². The maximum Gasteiger partial charge on any atom is 0.139 e. The number of phenols is 1. The Bertz CT molecular complexity index is 630. The van der Waals surface area contributed by atoms with Crippen LogP contribution in [0.2, 0.25) is 10.0 Å². The predicted molar refractivity (Wildman–Crippen MR) is 86.1 cm³/mol. The Hall–Kier alpha value is -1.38. The predicted octanol–water partition coefficient (Wildman–Crippen LogP) is 5.24. The fourth-order valence-electron chi connectivity index (χ4n) is 2.40. The lowest BCUT2D eigenvalue weighted by atomic mass is 10.0. The van der Waals surface area contributed by atoms with Crippen LogP contribution in [0.5, 0.6) is 5.75 Å². The number of hydrogen-bond donors (Lipinski definition) is 2. The van der Waals surface area contributed by atoms with Gasteiger partial charge in [0.05, 0.1) is 5.02 Å². The van der Waals surface area contributed by atoms with E-state index in [0.29, 0.717) is 17.1 Å². The van der Waals surface area contributed by atoms with E-state index in [0.717, 1.165) is 5.69 Å². The van der Waals surface area contributed by atoms with Crippen LogP contribution in [0.1, 0.15) is 22.3 Å². The van der Waals surface area contributed by atoms with Crippen molar-refractivity contribution < 1.29 is 5.11 Å². The number of hydrogen-bond acceptors (Lipinski definition) is 2. The van der Waals surface area contributed by atoms with Crippen molar-refractivity contribution in [2.75, 3.05) is 5.32 Å². The standard InChI is InChI=1S/C16H17Cl2NO/c1-9-4-10(2)15(11(3)5-9)19-8-12-6-13(17)7-14(18)16(12)20/h4-7,19-20H,8H2,1-3H3. The molecular formula is C16H17Cl2NO. The zero-order valence-electron chi connectivity index (χ0n) is 11.7. The van der Waals surface area contributed by atoms with Crippen LogP contribution in [-0.2, 0) is 6.54 Å². The SMILES string of the molecule is Cc1cc(C)c(NCc2cc(Cl)cc(Cl)c2O)c(C)c1. The van der Waals surface area contributed by atoms with Gasteiger partial charge in [0.2, 0.25) is 0 Å². The highest BCUT2D eigenvalue weighted by molar-refractivity contribution is 6.35. The molecule has 2 N–H and O–H groups in total. The van der Waals surface area contributed by atoms with Crippen LogP contribution in [0.25, 0.3) is 0 Å². The molecule has 0 atom stereocenters. The maximum atomic E-state index is 9.95. The van der Waals surface area contributed by atoms with E-state index < -0.39 is 0 Å². The van der Waals surface area contributed by atoms with Gasteiger partial charge in [0.25, 0.3) is 0 Å². The Morgan fingerprint density at radius 1 is 1.00 bits per heavy atom. The normalized spacial score (nSPS) is 10.7. The van der Waals surface area contributed by atoms with Gasteiger partial charge in [-0.1, -0.05) is 40.9 Å². The van der Waals surface area contributed by atoms with Crippen LogP contribution < -0.4 is 5.32 Å². The van der Waals surface area contributed by atoms with E-state index in [4.69, 9.17) is 23.2 Å². The van der Waals surface area contributed by atoms with Gasteiger partial charge in [-0.15, -0.1) is 0 Å². The second kappa shape index (κ2) is 5.94. The number of halogens is 2. The molecule has 20 heavy (non-hydrogen) atoms. The summed E-state index contributed by atoms with van der Waals surface area (Å²) in [5, 5.41) is 14.1. The monoisotopic (exact) mass is 309 g/mol. The molecule has 0 aliphatic heterocycles. The van der Waals surface area contributed by atoms with E-state index in [1.54, 1.807) is 6.07 Å². The molecule has 0 aliphatic rings. The number of nitrogens with one attached hydrogen (secondary N) is 1. The largest absolute Gasteiger partial charge is 0.506 e. The van der Waals surface area contributed by atoms with Gasteiger partial charge >= 0.3 is 0 Å². The summed E-state index contributed by atoms with van der Waals surface area (Å²) in [6, 6.07) is 7.50. The lowest BCUT2D eigenvalue weighted by Gasteiger charge is -2.15. The first-order valence-corrected chi connectivity index (χ1v) is 7.12. The maximum absolute atomic E-state index is 9.95. The summed E-state index contributed by atoms with van der Waals surface area (Å²) >= 11 is 11.9. The van der Waals surface area contributed by atoms with Gasteiger partial charge in [0, 0.05) is 22.8 Å². The highest BCUT2D eigenvalue weighted by Crippen LogP contribution is 2.32. The van der Waals surface area contributed by atoms with Crippen molar-refractivity contribution in [2.45, 2.75) is 27.3 Å². The Morgan fingerprint density at radius 2 is 1.60 bits per heavy atom. The number of anilines is 1. The Morgan fingerprint density at radius 3 is 2.20 bits per heavy atom. The Balaban J connectivity index is 2.26. The molecule has 2 nitrogen and oxygen atoms in total. The highest BCUT2D eigenvalue weighted by Gasteiger charge is 2.09. The van der Waals surface area contributed by atoms with Crippen LogP contribution in [0.4, 0.5) is 5.69 Å². The first-order chi connectivity index (χ1) is 9.38. The van der Waals surface area contributed by atoms with Crippen LogP contribution in [0.15, 0.2) is 24.3 Å². The van der Waals surface area contributed by atoms with Crippen molar-refractivity contribution in [3.05, 3.63) is 56.6 Å². The number of aromatic hydroxyl groups is 1. The summed E-state index contributed by atoms with van der Waals surface area (Å²) in [6.07, 6.45) is 0. The minimum Gasteiger partial charge on any atom is -0.506 e. The van der Waals surface area contributed by atoms with E-state index in [-0.39, 0.29) is 10.8 Å². The van der Waals surface area contributed by atoms with E-state index in [1.807, 2.05) is 0 Å². The second-order valence-corrected chi connectivity index (χ2v) is 5.87. The number of aryl methyl sites for hydroxylation is 3. The molecule has 4 heteroatoms. The van der Waals surface area contributed by atoms with Gasteiger partial charge in [0.15, 0.2) is 0 Å². The van der Waals surface area contributed by atoms with Crippen molar-refractivity contribution in [1.82, 2.24) is 0 Å². The topological polar surface area (TPSA) is 32.3 Å². The Kier molecular flexibility index (Phi) is 4.46. The molecule has 0 radical (unpaired) electrons. The summed E-state index contributed by atoms with van der Waals surface area (Å²) in [6.45, 7) is 6.67. The Labute approximate surface area is 129 Å². The van der Waals surface area contributed by atoms with Gasteiger partial charge < -0.3 is 10.4 Å². The van der Waals surface area contributed by atoms with Gasteiger partial charge in [-0.2, -0.15) is 0 Å². The first kappa shape index (κ1) is 15.0. The molecule has 2 rings (SSSR count). The van der Waals surface area contributed by atoms with Crippen LogP contribution in [-0.4, -0.2) is 5.11 Å². The third kappa shape index (κ3) is 3.20. The molecule has 106 valence electrons. The molecule has 0 fully saturated rings. The molecule has 0 saturated heterocycles. The lowest BCUT2D eigenvalue weighted by molar-refractivity contribution is 0.469. The summed E-state index contributed by atoms with van der Waals surface area (Å²) < 4.78 is 0. The molecule has 0 aromatic heterocycles. The fourth-order valence-corrected chi connectivity index (χ4v) is 2.93. The third-order valence-corrected chi connectivity index (χ3v) is 3.75. The average Bonchev–Trinajstić information content (AvgIpc) is 2.33. The first-order valence-electron chi connectivity index (χ1n) is 6.37. The molecule has 2 aromatic rings. The summed E-state index contributed by atoms with van der Waals surface area (Å²) in [5.74, 6) is 0.0750. The fraction of sp³-hybridized carbons (Fsp3) is 0.250. The molecule has 0 bridgehead atoms. The molecule has 0 aliphatic carbocycles. The minimum absolute atomic E-state index is 0.0750. The zero-order chi connectivity index (χ0) is 14.9. The zero-order valence-corrected chi connectivity index (χ0v) is 13.2. The lowest BCUT2D eigenvalue weighted by Crippen LogP contribution is -2.04. The molecule has 2 aromatic carbocycles. The average molecular weight is 310 g/mol. The van der Waals surface area contributed by atoms with E-state index in [1.165, 1.54) is 22.8 Å². The van der Waals surface area contributed by atoms with Crippen molar-refractivity contribution in [3.63, 3.8) is 0 Å². The second-order valence-electron chi connectivity index (χ2n) is 5.02. The number of benzene rings is 2. The molecule has 0 amide bonds. The van der Waals surface area contributed by atoms with Gasteiger partial charge in [-0.05, 0) is 44.0 Å². The minimum atomic E-state index is 0.0750. The van der Waals surface area contributed by atoms with Crippen LogP contribution >= 0.6 is 23.2 Å². The molecular weight excluding hydrogens is 293 g/mol. The van der Waals surface area contributed by atoms with E-state index in [2.05, 4.69) is 38.2 Å². The van der Waals surface area contributed by atoms with Crippen LogP contribution in [0, 0.1) is 20.8 Å². The van der Waals surface area contributed by atoms with Crippen molar-refractivity contribution in [1.29, 1.82) is 0 Å². The number of phenolic OH excluding ortho intramolecular Hbond substituents is 1. The third-order valence-electron chi connectivity index (χ3n) is 3.24. The van der Waals surface area contributed by atoms with Crippen molar-refractivity contribution in [2.24, 2.45) is 0 Å². The summed E-state index contributed by atoms with van der Waals surface area (Å²) in [5.41, 5.74) is 5.34. The quantitative estimate of drug-likeness (QED) is 0.813. The van der Waals surface area contributed by atoms with Gasteiger partial charge in [-0.25, -0.2) is 0 Å². The van der Waals surface area contributed by atoms with E-state index >= 15 is 0 Å². The molecule has 0 saturated carbocycles. The van der Waals surface area contributed by atoms with Gasteiger partial charge in [0.1, 0.15) is 5.75 Å².